The third-order valence-electron chi connectivity index (χ3n) is 3.47. The molecule has 1 aromatic rings. The van der Waals surface area contributed by atoms with Crippen LogP contribution in [-0.2, 0) is 6.42 Å². The van der Waals surface area contributed by atoms with Gasteiger partial charge in [-0.05, 0) is 49.8 Å². The molecule has 0 bridgehead atoms. The molecular formula is C15H22BrN3. The first-order valence-corrected chi connectivity index (χ1v) is 7.84. The van der Waals surface area contributed by atoms with Gasteiger partial charge in [0, 0.05) is 24.1 Å². The molecule has 19 heavy (non-hydrogen) atoms. The van der Waals surface area contributed by atoms with Crippen LogP contribution < -0.4 is 5.73 Å². The van der Waals surface area contributed by atoms with Crippen LogP contribution in [0.4, 0.5) is 0 Å². The fourth-order valence-corrected chi connectivity index (χ4v) is 2.84. The van der Waals surface area contributed by atoms with E-state index in [1.165, 1.54) is 24.8 Å². The Morgan fingerprint density at radius 2 is 2.05 bits per heavy atom. The third-order valence-corrected chi connectivity index (χ3v) is 3.96. The maximum atomic E-state index is 6.02. The van der Waals surface area contributed by atoms with Crippen LogP contribution in [-0.4, -0.2) is 30.5 Å². The van der Waals surface area contributed by atoms with Crippen LogP contribution in [0.5, 0.6) is 0 Å². The highest BCUT2D eigenvalue weighted by molar-refractivity contribution is 9.10. The maximum Gasteiger partial charge on any atom is 0.191 e. The van der Waals surface area contributed by atoms with Crippen LogP contribution in [0.15, 0.2) is 33.7 Å². The molecule has 1 aromatic carbocycles. The average molecular weight is 324 g/mol. The van der Waals surface area contributed by atoms with Gasteiger partial charge < -0.3 is 10.6 Å². The number of benzene rings is 1. The molecule has 1 heterocycles. The van der Waals surface area contributed by atoms with E-state index in [2.05, 4.69) is 50.1 Å². The standard InChI is InChI=1S/C15H22BrN3/c16-14-8-4-6-13(12-14)7-5-9-18-15(17)19-10-2-1-3-11-19/h4,6,8,12H,1-3,5,7,9-11H2,(H2,17,18). The molecule has 0 spiro atoms. The van der Waals surface area contributed by atoms with Crippen molar-refractivity contribution in [1.82, 2.24) is 4.90 Å². The number of nitrogens with zero attached hydrogens (tertiary/aromatic N) is 2. The Kier molecular flexibility index (Phi) is 5.70. The summed E-state index contributed by atoms with van der Waals surface area (Å²) in [5.74, 6) is 0.731. The van der Waals surface area contributed by atoms with Gasteiger partial charge in [-0.3, -0.25) is 4.99 Å². The molecule has 4 heteroatoms. The Morgan fingerprint density at radius 1 is 1.26 bits per heavy atom. The number of halogens is 1. The molecule has 104 valence electrons. The number of rotatable bonds is 4. The number of nitrogens with two attached hydrogens (primary N) is 1. The summed E-state index contributed by atoms with van der Waals surface area (Å²) in [5.41, 5.74) is 7.37. The number of aliphatic imine (C=N–C) groups is 1. The van der Waals surface area contributed by atoms with E-state index in [4.69, 9.17) is 5.73 Å². The largest absolute Gasteiger partial charge is 0.370 e. The van der Waals surface area contributed by atoms with Crippen molar-refractivity contribution < 1.29 is 0 Å². The average Bonchev–Trinajstić information content (AvgIpc) is 2.44. The Morgan fingerprint density at radius 3 is 2.79 bits per heavy atom. The summed E-state index contributed by atoms with van der Waals surface area (Å²) < 4.78 is 1.14. The Labute approximate surface area is 124 Å². The maximum absolute atomic E-state index is 6.02. The normalized spacial score (nSPS) is 16.7. The lowest BCUT2D eigenvalue weighted by Gasteiger charge is -2.27. The van der Waals surface area contributed by atoms with Crippen molar-refractivity contribution in [2.75, 3.05) is 19.6 Å². The zero-order valence-electron chi connectivity index (χ0n) is 11.3. The van der Waals surface area contributed by atoms with E-state index in [1.54, 1.807) is 0 Å². The van der Waals surface area contributed by atoms with Gasteiger partial charge in [-0.1, -0.05) is 28.1 Å². The molecule has 1 fully saturated rings. The molecule has 2 rings (SSSR count). The Hall–Kier alpha value is -1.03. The minimum atomic E-state index is 0.731. The van der Waals surface area contributed by atoms with Gasteiger partial charge >= 0.3 is 0 Å². The highest BCUT2D eigenvalue weighted by atomic mass is 79.9. The van der Waals surface area contributed by atoms with Crippen molar-refractivity contribution in [3.63, 3.8) is 0 Å². The number of guanidine groups is 1. The summed E-state index contributed by atoms with van der Waals surface area (Å²) in [6.07, 6.45) is 5.91. The van der Waals surface area contributed by atoms with E-state index < -0.39 is 0 Å². The highest BCUT2D eigenvalue weighted by Gasteiger charge is 2.11. The van der Waals surface area contributed by atoms with E-state index in [1.807, 2.05) is 0 Å². The van der Waals surface area contributed by atoms with Gasteiger partial charge in [0.1, 0.15) is 0 Å². The predicted octanol–water partition coefficient (Wildman–Crippen LogP) is 3.18. The number of piperidine rings is 1. The first-order chi connectivity index (χ1) is 9.25. The molecule has 1 aliphatic heterocycles. The molecule has 0 radical (unpaired) electrons. The van der Waals surface area contributed by atoms with E-state index in [9.17, 15) is 0 Å². The molecule has 1 saturated heterocycles. The second-order valence-electron chi connectivity index (χ2n) is 5.02. The van der Waals surface area contributed by atoms with Gasteiger partial charge in [-0.25, -0.2) is 0 Å². The fourth-order valence-electron chi connectivity index (χ4n) is 2.39. The Balaban J connectivity index is 1.73. The summed E-state index contributed by atoms with van der Waals surface area (Å²) in [6.45, 7) is 2.96. The first-order valence-electron chi connectivity index (χ1n) is 7.05. The minimum Gasteiger partial charge on any atom is -0.370 e. The van der Waals surface area contributed by atoms with Crippen LogP contribution in [0.1, 0.15) is 31.2 Å². The summed E-state index contributed by atoms with van der Waals surface area (Å²) >= 11 is 3.49. The van der Waals surface area contributed by atoms with Crippen molar-refractivity contribution in [2.24, 2.45) is 10.7 Å². The lowest BCUT2D eigenvalue weighted by molar-refractivity contribution is 0.338. The van der Waals surface area contributed by atoms with Gasteiger partial charge in [0.05, 0.1) is 0 Å². The molecular weight excluding hydrogens is 302 g/mol. The molecule has 0 amide bonds. The number of aryl methyl sites for hydroxylation is 1. The molecule has 0 aromatic heterocycles. The van der Waals surface area contributed by atoms with Crippen molar-refractivity contribution in [3.8, 4) is 0 Å². The first kappa shape index (κ1) is 14.4. The van der Waals surface area contributed by atoms with Gasteiger partial charge in [0.2, 0.25) is 0 Å². The van der Waals surface area contributed by atoms with Crippen LogP contribution in [0, 0.1) is 0 Å². The fraction of sp³-hybridized carbons (Fsp3) is 0.533. The van der Waals surface area contributed by atoms with Crippen molar-refractivity contribution in [2.45, 2.75) is 32.1 Å². The van der Waals surface area contributed by atoms with E-state index >= 15 is 0 Å². The van der Waals surface area contributed by atoms with Crippen molar-refractivity contribution >= 4 is 21.9 Å². The van der Waals surface area contributed by atoms with E-state index in [0.29, 0.717) is 0 Å². The van der Waals surface area contributed by atoms with E-state index in [0.717, 1.165) is 42.9 Å². The second-order valence-corrected chi connectivity index (χ2v) is 5.94. The summed E-state index contributed by atoms with van der Waals surface area (Å²) in [5, 5.41) is 0. The van der Waals surface area contributed by atoms with Crippen LogP contribution in [0.2, 0.25) is 0 Å². The quantitative estimate of drug-likeness (QED) is 0.525. The van der Waals surface area contributed by atoms with Crippen LogP contribution in [0.25, 0.3) is 0 Å². The van der Waals surface area contributed by atoms with E-state index in [-0.39, 0.29) is 0 Å². The zero-order valence-corrected chi connectivity index (χ0v) is 12.9. The second kappa shape index (κ2) is 7.53. The molecule has 2 N–H and O–H groups in total. The number of hydrogen-bond acceptors (Lipinski definition) is 1. The van der Waals surface area contributed by atoms with Crippen molar-refractivity contribution in [3.05, 3.63) is 34.3 Å². The summed E-state index contributed by atoms with van der Waals surface area (Å²) in [7, 11) is 0. The summed E-state index contributed by atoms with van der Waals surface area (Å²) in [6, 6.07) is 8.45. The zero-order chi connectivity index (χ0) is 13.5. The van der Waals surface area contributed by atoms with Gasteiger partial charge in [-0.2, -0.15) is 0 Å². The Bertz CT molecular complexity index is 425. The predicted molar refractivity (Wildman–Crippen MR) is 84.4 cm³/mol. The van der Waals surface area contributed by atoms with Gasteiger partial charge in [-0.15, -0.1) is 0 Å². The molecule has 0 saturated carbocycles. The lowest BCUT2D eigenvalue weighted by atomic mass is 10.1. The molecule has 0 unspecified atom stereocenters. The topological polar surface area (TPSA) is 41.6 Å². The SMILES string of the molecule is NC(=NCCCc1cccc(Br)c1)N1CCCCC1. The third kappa shape index (κ3) is 4.86. The molecule has 3 nitrogen and oxygen atoms in total. The number of likely N-dealkylation sites (tertiary alicyclic amines) is 1. The van der Waals surface area contributed by atoms with Crippen LogP contribution in [0.3, 0.4) is 0 Å². The van der Waals surface area contributed by atoms with Gasteiger partial charge in [0.25, 0.3) is 0 Å². The number of hydrogen-bond donors (Lipinski definition) is 1. The monoisotopic (exact) mass is 323 g/mol. The van der Waals surface area contributed by atoms with Crippen molar-refractivity contribution in [1.29, 1.82) is 0 Å². The van der Waals surface area contributed by atoms with Crippen LogP contribution >= 0.6 is 15.9 Å². The smallest absolute Gasteiger partial charge is 0.191 e. The molecule has 1 aliphatic rings. The molecule has 0 aliphatic carbocycles. The van der Waals surface area contributed by atoms with Gasteiger partial charge in [0.15, 0.2) is 5.96 Å². The lowest BCUT2D eigenvalue weighted by Crippen LogP contribution is -2.40. The minimum absolute atomic E-state index is 0.731. The highest BCUT2D eigenvalue weighted by Crippen LogP contribution is 2.13. The summed E-state index contributed by atoms with van der Waals surface area (Å²) in [4.78, 5) is 6.70. The molecule has 0 atom stereocenters.